The molecule has 0 aromatic heterocycles. The van der Waals surface area contributed by atoms with E-state index in [9.17, 15) is 0 Å². The van der Waals surface area contributed by atoms with Crippen LogP contribution in [0.15, 0.2) is 54.6 Å². The van der Waals surface area contributed by atoms with Gasteiger partial charge in [-0.3, -0.25) is 9.35 Å². The van der Waals surface area contributed by atoms with E-state index in [0.29, 0.717) is 6.42 Å². The largest absolute Gasteiger partial charge is 0.760 e. The van der Waals surface area contributed by atoms with Crippen LogP contribution in [0.2, 0.25) is 0 Å². The second-order valence-corrected chi connectivity index (χ2v) is 4.23. The average Bonchev–Trinajstić information content (AvgIpc) is 2.40. The number of rotatable bonds is 2. The van der Waals surface area contributed by atoms with Crippen LogP contribution in [0.1, 0.15) is 5.56 Å². The zero-order valence-corrected chi connectivity index (χ0v) is 11.1. The molecule has 2 aromatic rings. The lowest BCUT2D eigenvalue weighted by Crippen LogP contribution is -1.97. The van der Waals surface area contributed by atoms with Crippen molar-refractivity contribution in [3.63, 3.8) is 0 Å². The van der Waals surface area contributed by atoms with Crippen molar-refractivity contribution in [2.75, 3.05) is 0 Å². The van der Waals surface area contributed by atoms with Crippen LogP contribution < -0.4 is 5.14 Å². The van der Waals surface area contributed by atoms with Gasteiger partial charge in [-0.25, -0.2) is 0 Å². The minimum absolute atomic E-state index is 0.703. The van der Waals surface area contributed by atoms with Gasteiger partial charge >= 0.3 is 0 Å². The van der Waals surface area contributed by atoms with Crippen LogP contribution in [0.3, 0.4) is 0 Å². The van der Waals surface area contributed by atoms with Gasteiger partial charge in [0.2, 0.25) is 0 Å². The summed E-state index contributed by atoms with van der Waals surface area (Å²) in [6, 6.07) is 18.7. The van der Waals surface area contributed by atoms with Crippen molar-refractivity contribution >= 4 is 11.3 Å². The van der Waals surface area contributed by atoms with E-state index in [2.05, 4.69) is 47.5 Å². The summed E-state index contributed by atoms with van der Waals surface area (Å²) >= 11 is -2.36. The number of benzene rings is 2. The molecule has 0 aliphatic rings. The third-order valence-electron chi connectivity index (χ3n) is 2.37. The van der Waals surface area contributed by atoms with Gasteiger partial charge in [0.25, 0.3) is 0 Å². The second kappa shape index (κ2) is 8.22. The Morgan fingerprint density at radius 3 is 2.00 bits per heavy atom. The Labute approximate surface area is 115 Å². The lowest BCUT2D eigenvalue weighted by molar-refractivity contribution is 0.539. The molecule has 0 amide bonds. The van der Waals surface area contributed by atoms with Crippen LogP contribution in [-0.2, 0) is 17.7 Å². The molecular weight excluding hydrogens is 258 g/mol. The molecule has 3 nitrogen and oxygen atoms in total. The molecule has 2 rings (SSSR count). The molecule has 0 fully saturated rings. The van der Waals surface area contributed by atoms with Gasteiger partial charge in [0.15, 0.2) is 0 Å². The van der Waals surface area contributed by atoms with Crippen LogP contribution in [0.25, 0.3) is 11.1 Å². The van der Waals surface area contributed by atoms with E-state index >= 15 is 0 Å². The summed E-state index contributed by atoms with van der Waals surface area (Å²) in [5.74, 6) is 2.64. The van der Waals surface area contributed by atoms with Crippen molar-refractivity contribution < 1.29 is 8.76 Å². The van der Waals surface area contributed by atoms with Crippen molar-refractivity contribution in [2.45, 2.75) is 6.42 Å². The monoisotopic (exact) mass is 272 g/mol. The highest BCUT2D eigenvalue weighted by atomic mass is 32.2. The summed E-state index contributed by atoms with van der Waals surface area (Å²) in [5.41, 5.74) is 3.67. The van der Waals surface area contributed by atoms with E-state index in [1.807, 2.05) is 18.2 Å². The second-order valence-electron chi connectivity index (χ2n) is 3.70. The summed E-state index contributed by atoms with van der Waals surface area (Å²) in [6.45, 7) is 0. The number of hydrogen-bond acceptors (Lipinski definition) is 2. The highest BCUT2D eigenvalue weighted by Crippen LogP contribution is 2.19. The third kappa shape index (κ3) is 5.98. The Morgan fingerprint density at radius 2 is 1.53 bits per heavy atom. The van der Waals surface area contributed by atoms with Crippen LogP contribution in [-0.4, -0.2) is 8.76 Å². The zero-order chi connectivity index (χ0) is 14.1. The molecule has 2 N–H and O–H groups in total. The first-order chi connectivity index (χ1) is 9.13. The Balaban J connectivity index is 0.000000399. The van der Waals surface area contributed by atoms with Gasteiger partial charge in [0, 0.05) is 17.7 Å². The Morgan fingerprint density at radius 1 is 1.05 bits per heavy atom. The summed E-state index contributed by atoms with van der Waals surface area (Å²) in [6.07, 6.45) is 5.96. The topological polar surface area (TPSA) is 66.2 Å². The van der Waals surface area contributed by atoms with Gasteiger partial charge in [0.1, 0.15) is 0 Å². The van der Waals surface area contributed by atoms with Crippen LogP contribution in [0, 0.1) is 12.3 Å². The van der Waals surface area contributed by atoms with E-state index in [0.717, 1.165) is 0 Å². The number of nitrogens with two attached hydrogens (primary N) is 1. The molecule has 0 aliphatic carbocycles. The van der Waals surface area contributed by atoms with Crippen molar-refractivity contribution in [1.82, 2.24) is 0 Å². The Bertz CT molecular complexity index is 555. The predicted molar refractivity (Wildman–Crippen MR) is 77.5 cm³/mol. The average molecular weight is 272 g/mol. The summed E-state index contributed by atoms with van der Waals surface area (Å²) in [5, 5.41) is 4.03. The number of terminal acetylenes is 1. The summed E-state index contributed by atoms with van der Waals surface area (Å²) < 4.78 is 17.6. The predicted octanol–water partition coefficient (Wildman–Crippen LogP) is 2.27. The van der Waals surface area contributed by atoms with Crippen molar-refractivity contribution in [2.24, 2.45) is 5.14 Å². The van der Waals surface area contributed by atoms with E-state index in [1.165, 1.54) is 16.7 Å². The molecule has 0 spiro atoms. The molecule has 0 bridgehead atoms. The molecule has 2 aromatic carbocycles. The maximum Gasteiger partial charge on any atom is 0.0337 e. The van der Waals surface area contributed by atoms with Crippen molar-refractivity contribution in [1.29, 1.82) is 0 Å². The van der Waals surface area contributed by atoms with E-state index < -0.39 is 11.3 Å². The molecule has 0 saturated carbocycles. The molecule has 1 atom stereocenters. The van der Waals surface area contributed by atoms with Crippen LogP contribution in [0.5, 0.6) is 0 Å². The van der Waals surface area contributed by atoms with E-state index in [4.69, 9.17) is 15.2 Å². The molecule has 0 radical (unpaired) electrons. The van der Waals surface area contributed by atoms with Crippen molar-refractivity contribution in [3.8, 4) is 23.5 Å². The lowest BCUT2D eigenvalue weighted by atomic mass is 10.0. The lowest BCUT2D eigenvalue weighted by Gasteiger charge is -2.02. The standard InChI is InChI=1S/C15H12.H3NO2S/c1-2-6-13-9-11-15(12-10-13)14-7-4-3-5-8-14;1-4(2)3/h1,3-5,7-12H,6H2;1H2,(H,2,3)/p-1. The first-order valence-corrected chi connectivity index (χ1v) is 6.68. The molecule has 0 aliphatic heterocycles. The quantitative estimate of drug-likeness (QED) is 0.673. The molecule has 0 heterocycles. The minimum Gasteiger partial charge on any atom is -0.760 e. The van der Waals surface area contributed by atoms with Gasteiger partial charge in [-0.05, 0) is 16.7 Å². The maximum atomic E-state index is 8.78. The SMILES string of the molecule is C#CCc1ccc(-c2ccccc2)cc1.NS(=O)[O-]. The summed E-state index contributed by atoms with van der Waals surface area (Å²) in [7, 11) is 0. The highest BCUT2D eigenvalue weighted by Gasteiger charge is 1.95. The van der Waals surface area contributed by atoms with Crippen LogP contribution >= 0.6 is 0 Å². The van der Waals surface area contributed by atoms with Gasteiger partial charge in [-0.15, -0.1) is 12.3 Å². The smallest absolute Gasteiger partial charge is 0.0337 e. The molecule has 98 valence electrons. The molecule has 19 heavy (non-hydrogen) atoms. The van der Waals surface area contributed by atoms with Gasteiger partial charge < -0.3 is 4.55 Å². The van der Waals surface area contributed by atoms with Gasteiger partial charge in [-0.2, -0.15) is 0 Å². The molecule has 0 saturated heterocycles. The molecule has 1 unspecified atom stereocenters. The fourth-order valence-corrected chi connectivity index (χ4v) is 1.56. The zero-order valence-electron chi connectivity index (χ0n) is 10.3. The van der Waals surface area contributed by atoms with Gasteiger partial charge in [-0.1, -0.05) is 54.6 Å². The minimum atomic E-state index is -2.36. The molecule has 4 heteroatoms. The molecular formula is C15H14NO2S-. The van der Waals surface area contributed by atoms with Crippen LogP contribution in [0.4, 0.5) is 0 Å². The fourth-order valence-electron chi connectivity index (χ4n) is 1.56. The first-order valence-electron chi connectivity index (χ1n) is 5.55. The Kier molecular flexibility index (Phi) is 6.55. The van der Waals surface area contributed by atoms with Gasteiger partial charge in [0.05, 0.1) is 0 Å². The summed E-state index contributed by atoms with van der Waals surface area (Å²) in [4.78, 5) is 0. The highest BCUT2D eigenvalue weighted by molar-refractivity contribution is 7.76. The van der Waals surface area contributed by atoms with Crippen molar-refractivity contribution in [3.05, 3.63) is 60.2 Å². The maximum absolute atomic E-state index is 8.78. The first kappa shape index (κ1) is 15.1. The van der Waals surface area contributed by atoms with E-state index in [-0.39, 0.29) is 0 Å². The number of hydrogen-bond donors (Lipinski definition) is 1. The van der Waals surface area contributed by atoms with E-state index in [1.54, 1.807) is 0 Å². The normalized spacial score (nSPS) is 10.8. The fraction of sp³-hybridized carbons (Fsp3) is 0.0667. The Hall–Kier alpha value is -1.93. The third-order valence-corrected chi connectivity index (χ3v) is 2.37.